The lowest BCUT2D eigenvalue weighted by Crippen LogP contribution is -2.22. The molecule has 0 aromatic heterocycles. The van der Waals surface area contributed by atoms with Gasteiger partial charge in [-0.25, -0.2) is 0 Å². The smallest absolute Gasteiger partial charge is 0.0435 e. The van der Waals surface area contributed by atoms with Crippen LogP contribution in [0.25, 0.3) is 65.3 Å². The van der Waals surface area contributed by atoms with Gasteiger partial charge in [0.15, 0.2) is 0 Å². The van der Waals surface area contributed by atoms with E-state index in [1.165, 1.54) is 82.0 Å². The number of hydrogen-bond donors (Lipinski definition) is 0. The zero-order valence-corrected chi connectivity index (χ0v) is 22.3. The summed E-state index contributed by atoms with van der Waals surface area (Å²) in [4.78, 5) is 0. The molecule has 40 heavy (non-hydrogen) atoms. The molecule has 0 spiro atoms. The Morgan fingerprint density at radius 2 is 1.00 bits per heavy atom. The van der Waals surface area contributed by atoms with Crippen molar-refractivity contribution in [3.63, 3.8) is 0 Å². The monoisotopic (exact) mass is 506 g/mol. The average molecular weight is 507 g/mol. The van der Waals surface area contributed by atoms with E-state index in [1.807, 2.05) is 0 Å². The molecule has 1 aliphatic carbocycles. The third-order valence-electron chi connectivity index (χ3n) is 9.46. The van der Waals surface area contributed by atoms with Gasteiger partial charge in [0, 0.05) is 5.41 Å². The van der Waals surface area contributed by atoms with Crippen LogP contribution in [-0.4, -0.2) is 0 Å². The molecule has 0 radical (unpaired) electrons. The fourth-order valence-corrected chi connectivity index (χ4v) is 7.45. The molecule has 1 unspecified atom stereocenters. The molecule has 0 N–H and O–H groups in total. The van der Waals surface area contributed by atoms with E-state index >= 15 is 0 Å². The summed E-state index contributed by atoms with van der Waals surface area (Å²) in [6.07, 6.45) is 0. The second-order valence-electron chi connectivity index (χ2n) is 11.5. The lowest BCUT2D eigenvalue weighted by Gasteiger charge is -2.29. The maximum absolute atomic E-state index is 2.47. The van der Waals surface area contributed by atoms with Gasteiger partial charge in [-0.15, -0.1) is 0 Å². The van der Waals surface area contributed by atoms with Gasteiger partial charge in [-0.05, 0) is 107 Å². The van der Waals surface area contributed by atoms with Gasteiger partial charge in [0.1, 0.15) is 0 Å². The molecule has 8 aromatic rings. The highest BCUT2D eigenvalue weighted by Crippen LogP contribution is 2.54. The van der Waals surface area contributed by atoms with E-state index in [9.17, 15) is 0 Å². The number of rotatable bonds is 2. The van der Waals surface area contributed by atoms with Crippen LogP contribution in [0, 0.1) is 0 Å². The van der Waals surface area contributed by atoms with Crippen molar-refractivity contribution >= 4 is 43.1 Å². The topological polar surface area (TPSA) is 0 Å². The zero-order chi connectivity index (χ0) is 26.4. The lowest BCUT2D eigenvalue weighted by atomic mass is 9.73. The first-order valence-electron chi connectivity index (χ1n) is 14.1. The molecule has 0 bridgehead atoms. The number of benzene rings is 8. The van der Waals surface area contributed by atoms with Crippen LogP contribution < -0.4 is 0 Å². The minimum absolute atomic E-state index is 0.240. The molecule has 8 aromatic carbocycles. The van der Waals surface area contributed by atoms with Gasteiger partial charge < -0.3 is 0 Å². The second kappa shape index (κ2) is 7.81. The lowest BCUT2D eigenvalue weighted by molar-refractivity contribution is 0.715. The highest BCUT2D eigenvalue weighted by Gasteiger charge is 2.41. The highest BCUT2D eigenvalue weighted by atomic mass is 14.4. The van der Waals surface area contributed by atoms with Gasteiger partial charge in [0.25, 0.3) is 0 Å². The van der Waals surface area contributed by atoms with Crippen molar-refractivity contribution in [2.45, 2.75) is 12.3 Å². The summed E-state index contributed by atoms with van der Waals surface area (Å²) in [6, 6.07) is 52.2. The predicted molar refractivity (Wildman–Crippen MR) is 171 cm³/mol. The van der Waals surface area contributed by atoms with Crippen molar-refractivity contribution in [3.8, 4) is 22.3 Å². The van der Waals surface area contributed by atoms with Crippen LogP contribution in [0.5, 0.6) is 0 Å². The molecule has 1 aliphatic rings. The van der Waals surface area contributed by atoms with Crippen LogP contribution in [0.4, 0.5) is 0 Å². The standard InChI is InChI=1S/C40H26/c1-40(31-12-3-2-4-13-31)36-24-30(18-20-33(36)35-22-28-8-5-6-9-29(28)23-37(35)40)32-19-16-27-15-14-25-10-7-11-26-17-21-34(32)39(27)38(25)26/h2-24H,1H3. The molecule has 0 saturated heterocycles. The van der Waals surface area contributed by atoms with Crippen LogP contribution in [0.1, 0.15) is 23.6 Å². The average Bonchev–Trinajstić information content (AvgIpc) is 3.26. The molecule has 0 nitrogen and oxygen atoms in total. The maximum atomic E-state index is 2.47. The Morgan fingerprint density at radius 3 is 1.80 bits per heavy atom. The van der Waals surface area contributed by atoms with Crippen molar-refractivity contribution in [2.75, 3.05) is 0 Å². The van der Waals surface area contributed by atoms with E-state index in [-0.39, 0.29) is 5.41 Å². The molecule has 0 amide bonds. The summed E-state index contributed by atoms with van der Waals surface area (Å²) < 4.78 is 0. The summed E-state index contributed by atoms with van der Waals surface area (Å²) in [5.41, 5.74) is 9.12. The van der Waals surface area contributed by atoms with Crippen LogP contribution in [0.2, 0.25) is 0 Å². The van der Waals surface area contributed by atoms with Crippen LogP contribution in [-0.2, 0) is 5.41 Å². The van der Waals surface area contributed by atoms with Gasteiger partial charge in [0.05, 0.1) is 0 Å². The molecule has 186 valence electrons. The third kappa shape index (κ3) is 2.81. The minimum Gasteiger partial charge on any atom is -0.0622 e. The van der Waals surface area contributed by atoms with Gasteiger partial charge >= 0.3 is 0 Å². The molecule has 1 atom stereocenters. The van der Waals surface area contributed by atoms with Gasteiger partial charge in [-0.1, -0.05) is 121 Å². The number of fused-ring (bicyclic) bond motifs is 4. The Labute approximate surface area is 233 Å². The van der Waals surface area contributed by atoms with E-state index in [2.05, 4.69) is 146 Å². The maximum Gasteiger partial charge on any atom is 0.0435 e. The fourth-order valence-electron chi connectivity index (χ4n) is 7.45. The second-order valence-corrected chi connectivity index (χ2v) is 11.5. The summed E-state index contributed by atoms with van der Waals surface area (Å²) in [5, 5.41) is 10.6. The SMILES string of the molecule is CC1(c2ccccc2)c2cc(-c3ccc4ccc5cccc6ccc3c4c56)ccc2-c2cc3ccccc3cc21. The van der Waals surface area contributed by atoms with Crippen LogP contribution >= 0.6 is 0 Å². The van der Waals surface area contributed by atoms with Crippen molar-refractivity contribution in [2.24, 2.45) is 0 Å². The van der Waals surface area contributed by atoms with Crippen molar-refractivity contribution < 1.29 is 0 Å². The first-order valence-corrected chi connectivity index (χ1v) is 14.1. The Balaban J connectivity index is 1.34. The predicted octanol–water partition coefficient (Wildman–Crippen LogP) is 10.7. The normalized spacial score (nSPS) is 16.2. The highest BCUT2D eigenvalue weighted by molar-refractivity contribution is 6.25. The summed E-state index contributed by atoms with van der Waals surface area (Å²) in [5.74, 6) is 0. The summed E-state index contributed by atoms with van der Waals surface area (Å²) in [6.45, 7) is 2.41. The van der Waals surface area contributed by atoms with E-state index in [0.717, 1.165) is 0 Å². The van der Waals surface area contributed by atoms with Gasteiger partial charge in [0.2, 0.25) is 0 Å². The molecular weight excluding hydrogens is 480 g/mol. The van der Waals surface area contributed by atoms with Gasteiger partial charge in [-0.2, -0.15) is 0 Å². The molecule has 0 saturated carbocycles. The Kier molecular flexibility index (Phi) is 4.28. The summed E-state index contributed by atoms with van der Waals surface area (Å²) >= 11 is 0. The fraction of sp³-hybridized carbons (Fsp3) is 0.0500. The van der Waals surface area contributed by atoms with E-state index in [0.29, 0.717) is 0 Å². The summed E-state index contributed by atoms with van der Waals surface area (Å²) in [7, 11) is 0. The minimum atomic E-state index is -0.240. The van der Waals surface area contributed by atoms with Crippen molar-refractivity contribution in [3.05, 3.63) is 156 Å². The third-order valence-corrected chi connectivity index (χ3v) is 9.46. The Hall–Kier alpha value is -4.94. The van der Waals surface area contributed by atoms with E-state index < -0.39 is 0 Å². The van der Waals surface area contributed by atoms with Crippen LogP contribution in [0.15, 0.2) is 140 Å². The Morgan fingerprint density at radius 1 is 0.400 bits per heavy atom. The molecule has 0 aliphatic heterocycles. The number of hydrogen-bond acceptors (Lipinski definition) is 0. The molecular formula is C40H26. The molecule has 0 heteroatoms. The van der Waals surface area contributed by atoms with Gasteiger partial charge in [-0.3, -0.25) is 0 Å². The van der Waals surface area contributed by atoms with Crippen LogP contribution in [0.3, 0.4) is 0 Å². The van der Waals surface area contributed by atoms with Crippen molar-refractivity contribution in [1.82, 2.24) is 0 Å². The largest absolute Gasteiger partial charge is 0.0622 e. The quantitative estimate of drug-likeness (QED) is 0.205. The molecule has 0 heterocycles. The first kappa shape index (κ1) is 21.9. The Bertz CT molecular complexity index is 2260. The van der Waals surface area contributed by atoms with E-state index in [1.54, 1.807) is 0 Å². The molecule has 9 rings (SSSR count). The van der Waals surface area contributed by atoms with E-state index in [4.69, 9.17) is 0 Å². The molecule has 0 fully saturated rings. The first-order chi connectivity index (χ1) is 19.7. The zero-order valence-electron chi connectivity index (χ0n) is 22.3. The van der Waals surface area contributed by atoms with Crippen molar-refractivity contribution in [1.29, 1.82) is 0 Å².